The molecule has 0 rings (SSSR count). The van der Waals surface area contributed by atoms with Crippen LogP contribution >= 0.6 is 0 Å². The first-order chi connectivity index (χ1) is 2.00. The normalized spacial score (nSPS) is 2.40. The second-order valence-electron chi connectivity index (χ2n) is 0. The summed E-state index contributed by atoms with van der Waals surface area (Å²) in [6.07, 6.45) is 0. The number of rotatable bonds is 0. The molecule has 0 aromatic heterocycles. The van der Waals surface area contributed by atoms with E-state index in [0.717, 1.165) is 14.2 Å². The van der Waals surface area contributed by atoms with Crippen molar-refractivity contribution in [2.45, 2.75) is 0 Å². The standard InChI is InChI=1S/2CH3O.Co/c2*1-2;/h2*1H3;/q2*-1;+2. The molecule has 0 aliphatic carbocycles. The maximum Gasteiger partial charge on any atom is 2.00 e. The first-order valence-electron chi connectivity index (χ1n) is 0.816. The second kappa shape index (κ2) is 286. The Labute approximate surface area is 42.0 Å². The molecule has 0 bridgehead atoms. The molecule has 0 N–H and O–H groups in total. The van der Waals surface area contributed by atoms with Crippen molar-refractivity contribution in [3.8, 4) is 0 Å². The van der Waals surface area contributed by atoms with Gasteiger partial charge in [-0.1, -0.05) is 0 Å². The Bertz CT molecular complexity index is 7.61. The van der Waals surface area contributed by atoms with Crippen LogP contribution in [0.2, 0.25) is 0 Å². The minimum Gasteiger partial charge on any atom is -0.857 e. The Morgan fingerprint density at radius 2 is 0.800 bits per heavy atom. The van der Waals surface area contributed by atoms with Crippen LogP contribution in [-0.2, 0) is 16.8 Å². The van der Waals surface area contributed by atoms with Crippen molar-refractivity contribution in [2.75, 3.05) is 14.2 Å². The van der Waals surface area contributed by atoms with Crippen LogP contribution in [-0.4, -0.2) is 14.2 Å². The third kappa shape index (κ3) is 143. The van der Waals surface area contributed by atoms with Crippen molar-refractivity contribution in [1.29, 1.82) is 0 Å². The molecule has 0 heterocycles. The smallest absolute Gasteiger partial charge is 0.857 e. The maximum atomic E-state index is 8.25. The molecule has 0 amide bonds. The molecule has 0 aromatic carbocycles. The largest absolute Gasteiger partial charge is 2.00 e. The molecule has 35 valence electrons. The quantitative estimate of drug-likeness (QED) is 0.370. The van der Waals surface area contributed by atoms with Gasteiger partial charge >= 0.3 is 16.8 Å². The molecule has 0 fully saturated rings. The molecule has 5 heavy (non-hydrogen) atoms. The third-order valence-corrected chi connectivity index (χ3v) is 0. The van der Waals surface area contributed by atoms with Crippen molar-refractivity contribution in [3.05, 3.63) is 0 Å². The molecule has 0 aromatic rings. The molecule has 2 nitrogen and oxygen atoms in total. The van der Waals surface area contributed by atoms with Gasteiger partial charge in [0.25, 0.3) is 0 Å². The third-order valence-electron chi connectivity index (χ3n) is 0. The number of hydrogen-bond acceptors (Lipinski definition) is 2. The van der Waals surface area contributed by atoms with E-state index in [2.05, 4.69) is 0 Å². The van der Waals surface area contributed by atoms with E-state index < -0.39 is 0 Å². The first kappa shape index (κ1) is 18.1. The van der Waals surface area contributed by atoms with Crippen molar-refractivity contribution < 1.29 is 27.0 Å². The summed E-state index contributed by atoms with van der Waals surface area (Å²) in [5.41, 5.74) is 0. The maximum absolute atomic E-state index is 8.25. The zero-order valence-electron chi connectivity index (χ0n) is 3.15. The van der Waals surface area contributed by atoms with Gasteiger partial charge in [-0.2, -0.15) is 14.2 Å². The fourth-order valence-electron chi connectivity index (χ4n) is 0. The molecule has 0 atom stereocenters. The van der Waals surface area contributed by atoms with E-state index in [1.54, 1.807) is 0 Å². The van der Waals surface area contributed by atoms with Crippen LogP contribution in [0.1, 0.15) is 0 Å². The molecule has 0 aliphatic heterocycles. The van der Waals surface area contributed by atoms with Crippen LogP contribution in [0, 0.1) is 0 Å². The van der Waals surface area contributed by atoms with Gasteiger partial charge in [0.15, 0.2) is 0 Å². The minimum absolute atomic E-state index is 0. The van der Waals surface area contributed by atoms with Crippen LogP contribution < -0.4 is 10.2 Å². The van der Waals surface area contributed by atoms with E-state index in [1.807, 2.05) is 0 Å². The Morgan fingerprint density at radius 1 is 0.800 bits per heavy atom. The van der Waals surface area contributed by atoms with Gasteiger partial charge < -0.3 is 10.2 Å². The predicted octanol–water partition coefficient (Wildman–Crippen LogP) is -2.05. The Balaban J connectivity index is -0.0000000133. The molecule has 0 aliphatic rings. The summed E-state index contributed by atoms with van der Waals surface area (Å²) < 4.78 is 0. The second-order valence-corrected chi connectivity index (χ2v) is 0. The van der Waals surface area contributed by atoms with Crippen LogP contribution in [0.4, 0.5) is 0 Å². The molecular formula is C2H6CoO2. The Hall–Kier alpha value is 0.426. The van der Waals surface area contributed by atoms with E-state index in [4.69, 9.17) is 10.2 Å². The van der Waals surface area contributed by atoms with Crippen LogP contribution in [0.5, 0.6) is 0 Å². The van der Waals surface area contributed by atoms with Crippen molar-refractivity contribution in [3.63, 3.8) is 0 Å². The van der Waals surface area contributed by atoms with Gasteiger partial charge in [-0.05, 0) is 0 Å². The monoisotopic (exact) mass is 121 g/mol. The number of hydrogen-bond donors (Lipinski definition) is 0. The molecule has 1 radical (unpaired) electrons. The molecule has 0 saturated carbocycles. The van der Waals surface area contributed by atoms with Crippen molar-refractivity contribution in [2.24, 2.45) is 0 Å². The van der Waals surface area contributed by atoms with Crippen molar-refractivity contribution >= 4 is 0 Å². The Morgan fingerprint density at radius 3 is 0.800 bits per heavy atom. The van der Waals surface area contributed by atoms with E-state index >= 15 is 0 Å². The molecule has 3 heteroatoms. The summed E-state index contributed by atoms with van der Waals surface area (Å²) in [5, 5.41) is 16.5. The molecule has 0 saturated heterocycles. The summed E-state index contributed by atoms with van der Waals surface area (Å²) in [5.74, 6) is 0. The predicted molar refractivity (Wildman–Crippen MR) is 11.8 cm³/mol. The van der Waals surface area contributed by atoms with Gasteiger partial charge in [0.05, 0.1) is 0 Å². The zero-order chi connectivity index (χ0) is 4.00. The molecular weight excluding hydrogens is 115 g/mol. The zero-order valence-corrected chi connectivity index (χ0v) is 4.19. The van der Waals surface area contributed by atoms with Crippen LogP contribution in [0.3, 0.4) is 0 Å². The summed E-state index contributed by atoms with van der Waals surface area (Å²) in [4.78, 5) is 0. The summed E-state index contributed by atoms with van der Waals surface area (Å²) in [7, 11) is 1.50. The van der Waals surface area contributed by atoms with Crippen molar-refractivity contribution in [1.82, 2.24) is 0 Å². The summed E-state index contributed by atoms with van der Waals surface area (Å²) in [6.45, 7) is 0. The Kier molecular flexibility index (Phi) is 1030. The van der Waals surface area contributed by atoms with Gasteiger partial charge in [0.1, 0.15) is 0 Å². The first-order valence-corrected chi connectivity index (χ1v) is 0.816. The van der Waals surface area contributed by atoms with Gasteiger partial charge in [0, 0.05) is 0 Å². The van der Waals surface area contributed by atoms with Gasteiger partial charge in [-0.15, -0.1) is 0 Å². The van der Waals surface area contributed by atoms with E-state index in [0.29, 0.717) is 0 Å². The molecule has 0 unspecified atom stereocenters. The fourth-order valence-corrected chi connectivity index (χ4v) is 0. The van der Waals surface area contributed by atoms with Crippen LogP contribution in [0.15, 0.2) is 0 Å². The fraction of sp³-hybridized carbons (Fsp3) is 1.00. The summed E-state index contributed by atoms with van der Waals surface area (Å²) in [6, 6.07) is 0. The van der Waals surface area contributed by atoms with Gasteiger partial charge in [0.2, 0.25) is 0 Å². The summed E-state index contributed by atoms with van der Waals surface area (Å²) >= 11 is 0. The molecule has 0 spiro atoms. The van der Waals surface area contributed by atoms with Crippen LogP contribution in [0.25, 0.3) is 0 Å². The van der Waals surface area contributed by atoms with Gasteiger partial charge in [-0.3, -0.25) is 0 Å². The minimum atomic E-state index is 0. The SMILES string of the molecule is C[O-].C[O-].[Co+2]. The average Bonchev–Trinajstić information content (AvgIpc) is 1.50. The van der Waals surface area contributed by atoms with E-state index in [-0.39, 0.29) is 16.8 Å². The average molecular weight is 121 g/mol. The topological polar surface area (TPSA) is 46.1 Å². The van der Waals surface area contributed by atoms with E-state index in [9.17, 15) is 0 Å². The van der Waals surface area contributed by atoms with E-state index in [1.165, 1.54) is 0 Å². The van der Waals surface area contributed by atoms with Gasteiger partial charge in [-0.25, -0.2) is 0 Å².